The van der Waals surface area contributed by atoms with Crippen molar-refractivity contribution in [2.24, 2.45) is 5.18 Å². The minimum absolute atomic E-state index is 0.158. The topological polar surface area (TPSA) is 71.4 Å². The van der Waals surface area contributed by atoms with Gasteiger partial charge in [-0.25, -0.2) is 0 Å². The number of pyridine rings is 1. The molecule has 102 valence electrons. The molecule has 5 nitrogen and oxygen atoms in total. The van der Waals surface area contributed by atoms with Crippen molar-refractivity contribution in [3.05, 3.63) is 71.3 Å². The quantitative estimate of drug-likeness (QED) is 0.738. The van der Waals surface area contributed by atoms with Gasteiger partial charge in [-0.2, -0.15) is 0 Å². The number of benzene rings is 2. The molecular weight excluding hydrogens is 266 g/mol. The van der Waals surface area contributed by atoms with Crippen LogP contribution in [0.3, 0.4) is 0 Å². The van der Waals surface area contributed by atoms with Crippen molar-refractivity contribution in [3.63, 3.8) is 0 Å². The van der Waals surface area contributed by atoms with Crippen molar-refractivity contribution in [1.29, 1.82) is 0 Å². The highest BCUT2D eigenvalue weighted by Gasteiger charge is 2.13. The lowest BCUT2D eigenvalue weighted by molar-refractivity contribution is 0.102. The minimum atomic E-state index is -0.307. The van der Waals surface area contributed by atoms with Crippen molar-refractivity contribution in [2.45, 2.75) is 0 Å². The highest BCUT2D eigenvalue weighted by Crippen LogP contribution is 2.32. The van der Waals surface area contributed by atoms with Crippen molar-refractivity contribution in [2.75, 3.05) is 5.32 Å². The van der Waals surface area contributed by atoms with Gasteiger partial charge < -0.3 is 5.32 Å². The molecule has 0 fully saturated rings. The van der Waals surface area contributed by atoms with Gasteiger partial charge in [0.15, 0.2) is 0 Å². The molecule has 1 amide bonds. The van der Waals surface area contributed by atoms with Gasteiger partial charge in [0, 0.05) is 17.1 Å². The Kier molecular flexibility index (Phi) is 3.39. The molecule has 21 heavy (non-hydrogen) atoms. The van der Waals surface area contributed by atoms with E-state index in [9.17, 15) is 9.70 Å². The highest BCUT2D eigenvalue weighted by molar-refractivity contribution is 6.10. The van der Waals surface area contributed by atoms with Gasteiger partial charge in [-0.15, -0.1) is 4.91 Å². The van der Waals surface area contributed by atoms with E-state index >= 15 is 0 Å². The number of fused-ring (bicyclic) bond motifs is 1. The number of carbonyl (C=O) groups excluding carboxylic acids is 1. The number of hydrogen-bond donors (Lipinski definition) is 1. The molecule has 0 saturated carbocycles. The fraction of sp³-hybridized carbons (Fsp3) is 0. The molecule has 0 radical (unpaired) electrons. The van der Waals surface area contributed by atoms with Gasteiger partial charge in [0.1, 0.15) is 5.69 Å². The number of nitroso groups, excluding NO2 is 1. The Morgan fingerprint density at radius 2 is 1.81 bits per heavy atom. The largest absolute Gasteiger partial charge is 0.318 e. The van der Waals surface area contributed by atoms with Crippen LogP contribution in [-0.4, -0.2) is 10.9 Å². The van der Waals surface area contributed by atoms with Crippen LogP contribution >= 0.6 is 0 Å². The molecule has 0 unspecified atom stereocenters. The van der Waals surface area contributed by atoms with Crippen LogP contribution in [-0.2, 0) is 0 Å². The molecule has 1 N–H and O–H groups in total. The van der Waals surface area contributed by atoms with Crippen LogP contribution in [0.25, 0.3) is 10.9 Å². The third-order valence-corrected chi connectivity index (χ3v) is 3.13. The summed E-state index contributed by atoms with van der Waals surface area (Å²) in [6.07, 6.45) is 1.61. The first kappa shape index (κ1) is 12.9. The first-order valence-electron chi connectivity index (χ1n) is 6.37. The smallest absolute Gasteiger partial charge is 0.255 e. The Hall–Kier alpha value is -3.08. The van der Waals surface area contributed by atoms with Gasteiger partial charge in [-0.3, -0.25) is 9.78 Å². The third kappa shape index (κ3) is 2.49. The number of hydrogen-bond acceptors (Lipinski definition) is 4. The lowest BCUT2D eigenvalue weighted by atomic mass is 10.1. The lowest BCUT2D eigenvalue weighted by Gasteiger charge is -2.09. The van der Waals surface area contributed by atoms with Crippen LogP contribution in [0.2, 0.25) is 0 Å². The fourth-order valence-electron chi connectivity index (χ4n) is 2.11. The summed E-state index contributed by atoms with van der Waals surface area (Å²) in [5.41, 5.74) is 1.53. The Morgan fingerprint density at radius 3 is 2.57 bits per heavy atom. The zero-order chi connectivity index (χ0) is 14.7. The van der Waals surface area contributed by atoms with E-state index in [1.807, 2.05) is 12.1 Å². The summed E-state index contributed by atoms with van der Waals surface area (Å²) in [7, 11) is 0. The van der Waals surface area contributed by atoms with E-state index in [-0.39, 0.29) is 11.6 Å². The average molecular weight is 277 g/mol. The molecule has 0 aliphatic rings. The van der Waals surface area contributed by atoms with Crippen LogP contribution in [0.1, 0.15) is 10.4 Å². The molecule has 3 aromatic rings. The molecule has 1 heterocycles. The fourth-order valence-corrected chi connectivity index (χ4v) is 2.11. The Bertz CT molecular complexity index is 816. The Labute approximate surface area is 120 Å². The van der Waals surface area contributed by atoms with Crippen molar-refractivity contribution < 1.29 is 4.79 Å². The molecule has 2 aromatic carbocycles. The van der Waals surface area contributed by atoms with E-state index in [0.29, 0.717) is 16.8 Å². The number of anilines is 1. The predicted octanol–water partition coefficient (Wildman–Crippen LogP) is 3.89. The molecule has 0 bridgehead atoms. The van der Waals surface area contributed by atoms with Crippen LogP contribution in [0.4, 0.5) is 11.4 Å². The second kappa shape index (κ2) is 5.50. The number of aromatic nitrogens is 1. The van der Waals surface area contributed by atoms with Gasteiger partial charge in [0.2, 0.25) is 0 Å². The SMILES string of the molecule is O=Nc1ccc2cccnc2c1NC(=O)c1ccccc1. The molecule has 0 spiro atoms. The zero-order valence-electron chi connectivity index (χ0n) is 11.0. The number of amides is 1. The predicted molar refractivity (Wildman–Crippen MR) is 81.6 cm³/mol. The van der Waals surface area contributed by atoms with Gasteiger partial charge >= 0.3 is 0 Å². The van der Waals surface area contributed by atoms with E-state index in [1.54, 1.807) is 48.7 Å². The standard InChI is InChI=1S/C16H11N3O2/c20-16(12-5-2-1-3-6-12)18-15-13(19-21)9-8-11-7-4-10-17-14(11)15/h1-10H,(H,18,20). The number of nitrogens with zero attached hydrogens (tertiary/aromatic N) is 2. The van der Waals surface area contributed by atoms with Crippen LogP contribution in [0.15, 0.2) is 66.0 Å². The molecule has 0 aliphatic heterocycles. The third-order valence-electron chi connectivity index (χ3n) is 3.13. The second-order valence-corrected chi connectivity index (χ2v) is 4.45. The van der Waals surface area contributed by atoms with Crippen LogP contribution in [0, 0.1) is 4.91 Å². The van der Waals surface area contributed by atoms with Gasteiger partial charge in [0.25, 0.3) is 5.91 Å². The first-order chi connectivity index (χ1) is 10.3. The molecule has 3 rings (SSSR count). The summed E-state index contributed by atoms with van der Waals surface area (Å²) in [5.74, 6) is -0.307. The Morgan fingerprint density at radius 1 is 1.00 bits per heavy atom. The monoisotopic (exact) mass is 277 g/mol. The first-order valence-corrected chi connectivity index (χ1v) is 6.37. The maximum atomic E-state index is 12.2. The van der Waals surface area contributed by atoms with E-state index in [4.69, 9.17) is 0 Å². The van der Waals surface area contributed by atoms with E-state index in [0.717, 1.165) is 5.39 Å². The summed E-state index contributed by atoms with van der Waals surface area (Å²) in [6.45, 7) is 0. The van der Waals surface area contributed by atoms with Crippen molar-refractivity contribution >= 4 is 28.2 Å². The van der Waals surface area contributed by atoms with E-state index < -0.39 is 0 Å². The summed E-state index contributed by atoms with van der Waals surface area (Å²) in [5, 5.41) is 6.52. The molecule has 0 saturated heterocycles. The summed E-state index contributed by atoms with van der Waals surface area (Å²) >= 11 is 0. The van der Waals surface area contributed by atoms with Crippen LogP contribution in [0.5, 0.6) is 0 Å². The molecule has 1 aromatic heterocycles. The second-order valence-electron chi connectivity index (χ2n) is 4.45. The maximum Gasteiger partial charge on any atom is 0.255 e. The highest BCUT2D eigenvalue weighted by atomic mass is 16.3. The Balaban J connectivity index is 2.07. The van der Waals surface area contributed by atoms with Gasteiger partial charge in [-0.05, 0) is 29.4 Å². The summed E-state index contributed by atoms with van der Waals surface area (Å²) in [4.78, 5) is 27.4. The van der Waals surface area contributed by atoms with Crippen molar-refractivity contribution in [1.82, 2.24) is 4.98 Å². The molecular formula is C16H11N3O2. The average Bonchev–Trinajstić information content (AvgIpc) is 2.56. The zero-order valence-corrected chi connectivity index (χ0v) is 11.0. The summed E-state index contributed by atoms with van der Waals surface area (Å²) in [6, 6.07) is 15.7. The summed E-state index contributed by atoms with van der Waals surface area (Å²) < 4.78 is 0. The molecule has 5 heteroatoms. The number of rotatable bonds is 3. The number of carbonyl (C=O) groups is 1. The van der Waals surface area contributed by atoms with Crippen molar-refractivity contribution in [3.8, 4) is 0 Å². The lowest BCUT2D eigenvalue weighted by Crippen LogP contribution is -2.12. The minimum Gasteiger partial charge on any atom is -0.318 e. The molecule has 0 aliphatic carbocycles. The number of nitrogens with one attached hydrogen (secondary N) is 1. The normalized spacial score (nSPS) is 10.3. The van der Waals surface area contributed by atoms with Gasteiger partial charge in [0.05, 0.1) is 11.2 Å². The maximum absolute atomic E-state index is 12.2. The van der Waals surface area contributed by atoms with E-state index in [1.165, 1.54) is 0 Å². The van der Waals surface area contributed by atoms with Crippen LogP contribution < -0.4 is 5.32 Å². The van der Waals surface area contributed by atoms with Gasteiger partial charge in [-0.1, -0.05) is 30.3 Å². The van der Waals surface area contributed by atoms with E-state index in [2.05, 4.69) is 15.5 Å². The molecule has 0 atom stereocenters.